The Balaban J connectivity index is 1.02. The lowest BCUT2D eigenvalue weighted by molar-refractivity contribution is 1.07. The summed E-state index contributed by atoms with van der Waals surface area (Å²) in [6, 6.07) is 126. The van der Waals surface area contributed by atoms with E-state index in [2.05, 4.69) is 356 Å². The molecule has 0 N–H and O–H groups in total. The molecule has 0 saturated carbocycles. The summed E-state index contributed by atoms with van der Waals surface area (Å²) < 4.78 is 2.56. The monoisotopic (exact) mass is 1160 g/mol. The molecule has 0 spiro atoms. The average Bonchev–Trinajstić information content (AvgIpc) is 1.67. The second-order valence-electron chi connectivity index (χ2n) is 23.1. The van der Waals surface area contributed by atoms with Gasteiger partial charge in [-0.1, -0.05) is 297 Å². The first-order valence-corrected chi connectivity index (χ1v) is 31.0. The van der Waals surface area contributed by atoms with Crippen LogP contribution in [0.15, 0.2) is 352 Å². The van der Waals surface area contributed by atoms with Crippen LogP contribution in [0.4, 0.5) is 0 Å². The summed E-state index contributed by atoms with van der Waals surface area (Å²) in [5.74, 6) is 1.70. The van der Waals surface area contributed by atoms with E-state index in [1.165, 1.54) is 0 Å². The van der Waals surface area contributed by atoms with Gasteiger partial charge >= 0.3 is 0 Å². The SMILES string of the molecule is c1ccc(-c2ccc(-c3nc(-c4cc(-c5ccccc5)cc(-c5ccccc5)c4)nc(-c4cc(-c5ccccc5)c(-n5c6cc(-c7ccccc7)c(-c7ccccc7)cc6c6cc(-c7ccccc7)c(-c7ccccc7)cc65)c(-c5ccccc5)c4)n3)cc2)cc1. The largest absolute Gasteiger partial charge is 0.308 e. The molecule has 4 nitrogen and oxygen atoms in total. The molecule has 426 valence electrons. The molecule has 0 saturated heterocycles. The highest BCUT2D eigenvalue weighted by Crippen LogP contribution is 2.49. The Bertz CT molecular complexity index is 4990. The third kappa shape index (κ3) is 10.6. The molecular weight excluding hydrogens is 1100 g/mol. The van der Waals surface area contributed by atoms with Gasteiger partial charge in [0.25, 0.3) is 0 Å². The van der Waals surface area contributed by atoms with Crippen molar-refractivity contribution in [3.63, 3.8) is 0 Å². The summed E-state index contributed by atoms with van der Waals surface area (Å²) in [6.45, 7) is 0. The summed E-state index contributed by atoms with van der Waals surface area (Å²) in [4.78, 5) is 16.7. The number of hydrogen-bond donors (Lipinski definition) is 0. The van der Waals surface area contributed by atoms with Crippen molar-refractivity contribution >= 4 is 21.8 Å². The smallest absolute Gasteiger partial charge is 0.164 e. The lowest BCUT2D eigenvalue weighted by Gasteiger charge is -2.22. The molecule has 0 amide bonds. The predicted octanol–water partition coefficient (Wildman–Crippen LogP) is 23.0. The number of fused-ring (bicyclic) bond motifs is 3. The predicted molar refractivity (Wildman–Crippen MR) is 379 cm³/mol. The Labute approximate surface area is 530 Å². The Hall–Kier alpha value is -12.1. The minimum absolute atomic E-state index is 0.555. The first kappa shape index (κ1) is 54.3. The van der Waals surface area contributed by atoms with Gasteiger partial charge in [-0.2, -0.15) is 0 Å². The number of benzene rings is 14. The second kappa shape index (κ2) is 23.9. The molecule has 0 bridgehead atoms. The van der Waals surface area contributed by atoms with Gasteiger partial charge in [-0.15, -0.1) is 0 Å². The zero-order valence-electron chi connectivity index (χ0n) is 49.8. The van der Waals surface area contributed by atoms with Crippen LogP contribution in [0.3, 0.4) is 0 Å². The fourth-order valence-electron chi connectivity index (χ4n) is 13.0. The Morgan fingerprint density at radius 2 is 0.396 bits per heavy atom. The third-order valence-corrected chi connectivity index (χ3v) is 17.4. The maximum Gasteiger partial charge on any atom is 0.164 e. The van der Waals surface area contributed by atoms with Crippen molar-refractivity contribution in [2.75, 3.05) is 0 Å². The zero-order chi connectivity index (χ0) is 60.5. The molecule has 0 aliphatic rings. The molecule has 14 aromatic carbocycles. The van der Waals surface area contributed by atoms with Crippen molar-refractivity contribution in [1.82, 2.24) is 19.5 Å². The van der Waals surface area contributed by atoms with E-state index in [-0.39, 0.29) is 0 Å². The zero-order valence-corrected chi connectivity index (χ0v) is 49.8. The van der Waals surface area contributed by atoms with E-state index >= 15 is 0 Å². The van der Waals surface area contributed by atoms with Crippen molar-refractivity contribution in [2.45, 2.75) is 0 Å². The highest BCUT2D eigenvalue weighted by atomic mass is 15.0. The minimum Gasteiger partial charge on any atom is -0.308 e. The van der Waals surface area contributed by atoms with E-state index in [1.807, 2.05) is 0 Å². The Kier molecular flexibility index (Phi) is 14.2. The molecule has 2 heterocycles. The molecule has 0 fully saturated rings. The van der Waals surface area contributed by atoms with E-state index < -0.39 is 0 Å². The quantitative estimate of drug-likeness (QED) is 0.116. The molecular formula is C87H58N4. The number of aromatic nitrogens is 4. The van der Waals surface area contributed by atoms with Gasteiger partial charge < -0.3 is 4.57 Å². The maximum atomic E-state index is 5.63. The molecule has 0 aliphatic heterocycles. The van der Waals surface area contributed by atoms with Crippen molar-refractivity contribution < 1.29 is 0 Å². The van der Waals surface area contributed by atoms with E-state index in [0.29, 0.717) is 17.5 Å². The number of rotatable bonds is 13. The molecule has 16 aromatic rings. The van der Waals surface area contributed by atoms with Gasteiger partial charge in [0, 0.05) is 38.6 Å². The van der Waals surface area contributed by atoms with E-state index in [4.69, 9.17) is 15.0 Å². The summed E-state index contributed by atoms with van der Waals surface area (Å²) in [5.41, 5.74) is 25.7. The van der Waals surface area contributed by atoms with Crippen LogP contribution < -0.4 is 0 Å². The molecule has 0 atom stereocenters. The van der Waals surface area contributed by atoms with Crippen LogP contribution in [0.1, 0.15) is 0 Å². The molecule has 16 rings (SSSR count). The van der Waals surface area contributed by atoms with Crippen molar-refractivity contribution in [3.8, 4) is 140 Å². The summed E-state index contributed by atoms with van der Waals surface area (Å²) >= 11 is 0. The lowest BCUT2D eigenvalue weighted by Crippen LogP contribution is -2.04. The number of nitrogens with zero attached hydrogens (tertiary/aromatic N) is 4. The van der Waals surface area contributed by atoms with E-state index in [9.17, 15) is 0 Å². The normalized spacial score (nSPS) is 11.3. The van der Waals surface area contributed by atoms with Gasteiger partial charge in [0.1, 0.15) is 0 Å². The Morgan fingerprint density at radius 1 is 0.165 bits per heavy atom. The molecule has 91 heavy (non-hydrogen) atoms. The van der Waals surface area contributed by atoms with Gasteiger partial charge in [0.15, 0.2) is 17.5 Å². The molecule has 2 aromatic heterocycles. The Morgan fingerprint density at radius 3 is 0.725 bits per heavy atom. The van der Waals surface area contributed by atoms with Crippen LogP contribution in [0.25, 0.3) is 162 Å². The topological polar surface area (TPSA) is 43.6 Å². The molecule has 0 aliphatic carbocycles. The van der Waals surface area contributed by atoms with Gasteiger partial charge in [0.2, 0.25) is 0 Å². The lowest BCUT2D eigenvalue weighted by atomic mass is 9.91. The van der Waals surface area contributed by atoms with Gasteiger partial charge in [-0.05, 0) is 144 Å². The van der Waals surface area contributed by atoms with Crippen molar-refractivity contribution in [3.05, 3.63) is 352 Å². The molecule has 0 radical (unpaired) electrons. The van der Waals surface area contributed by atoms with Crippen LogP contribution in [-0.2, 0) is 0 Å². The summed E-state index contributed by atoms with van der Waals surface area (Å²) in [5, 5.41) is 2.29. The molecule has 4 heteroatoms. The second-order valence-corrected chi connectivity index (χ2v) is 23.1. The van der Waals surface area contributed by atoms with Gasteiger partial charge in [0.05, 0.1) is 16.7 Å². The summed E-state index contributed by atoms with van der Waals surface area (Å²) in [6.07, 6.45) is 0. The standard InChI is InChI=1S/C87H58N4/c1-10-28-59(29-11-1)62-46-48-69(49-47-62)85-88-86(72-51-70(60-30-12-2-13-31-60)50-71(52-72)61-32-14-3-15-33-61)90-87(89-85)73-53-78(67-42-24-8-25-43-67)84(79(54-73)68-44-26-9-27-45-68)91-82-57-76(65-38-20-6-21-39-65)74(63-34-16-4-17-35-63)55-80(82)81-56-75(64-36-18-5-19-37-64)77(58-83(81)91)66-40-22-7-23-41-66/h1-58H. The molecule has 0 unspecified atom stereocenters. The average molecular weight is 1160 g/mol. The van der Waals surface area contributed by atoms with E-state index in [0.717, 1.165) is 144 Å². The van der Waals surface area contributed by atoms with Crippen molar-refractivity contribution in [2.24, 2.45) is 0 Å². The first-order chi connectivity index (χ1) is 45.1. The van der Waals surface area contributed by atoms with Crippen LogP contribution in [-0.4, -0.2) is 19.5 Å². The summed E-state index contributed by atoms with van der Waals surface area (Å²) in [7, 11) is 0. The highest BCUT2D eigenvalue weighted by Gasteiger charge is 2.27. The van der Waals surface area contributed by atoms with Gasteiger partial charge in [-0.25, -0.2) is 15.0 Å². The van der Waals surface area contributed by atoms with Crippen LogP contribution in [0, 0.1) is 0 Å². The number of hydrogen-bond acceptors (Lipinski definition) is 3. The van der Waals surface area contributed by atoms with Crippen LogP contribution in [0.2, 0.25) is 0 Å². The van der Waals surface area contributed by atoms with Crippen LogP contribution >= 0.6 is 0 Å². The van der Waals surface area contributed by atoms with Gasteiger partial charge in [-0.3, -0.25) is 0 Å². The van der Waals surface area contributed by atoms with Crippen molar-refractivity contribution in [1.29, 1.82) is 0 Å². The highest BCUT2D eigenvalue weighted by molar-refractivity contribution is 6.16. The third-order valence-electron chi connectivity index (χ3n) is 17.4. The maximum absolute atomic E-state index is 5.63. The first-order valence-electron chi connectivity index (χ1n) is 31.0. The van der Waals surface area contributed by atoms with E-state index in [1.54, 1.807) is 0 Å². The fourth-order valence-corrected chi connectivity index (χ4v) is 13.0. The minimum atomic E-state index is 0.555. The fraction of sp³-hybridized carbons (Fsp3) is 0. The van der Waals surface area contributed by atoms with Crippen LogP contribution in [0.5, 0.6) is 0 Å².